The van der Waals surface area contributed by atoms with E-state index in [-0.39, 0.29) is 11.7 Å². The second-order valence-electron chi connectivity index (χ2n) is 3.18. The van der Waals surface area contributed by atoms with E-state index >= 15 is 0 Å². The summed E-state index contributed by atoms with van der Waals surface area (Å²) in [7, 11) is 0. The van der Waals surface area contributed by atoms with Gasteiger partial charge in [-0.05, 0) is 5.92 Å². The Morgan fingerprint density at radius 2 is 2.45 bits per heavy atom. The van der Waals surface area contributed by atoms with E-state index in [9.17, 15) is 9.90 Å². The van der Waals surface area contributed by atoms with E-state index in [0.29, 0.717) is 19.4 Å². The van der Waals surface area contributed by atoms with Crippen molar-refractivity contribution < 1.29 is 14.6 Å². The predicted octanol–water partition coefficient (Wildman–Crippen LogP) is 0.710. The zero-order valence-corrected chi connectivity index (χ0v) is 6.96. The Morgan fingerprint density at radius 1 is 1.82 bits per heavy atom. The molecule has 2 unspecified atom stereocenters. The standard InChI is InChI=1S/C8H14O3/c1-3-8(10)7(9)4-6(2)5-11-8/h6,10H,3-5H2,1-2H3. The largest absolute Gasteiger partial charge is 0.360 e. The highest BCUT2D eigenvalue weighted by atomic mass is 16.6. The lowest BCUT2D eigenvalue weighted by atomic mass is 9.95. The molecule has 0 aromatic carbocycles. The Labute approximate surface area is 66.4 Å². The fourth-order valence-corrected chi connectivity index (χ4v) is 1.19. The molecule has 1 aliphatic rings. The van der Waals surface area contributed by atoms with Gasteiger partial charge in [-0.25, -0.2) is 0 Å². The molecule has 0 radical (unpaired) electrons. The maximum Gasteiger partial charge on any atom is 0.226 e. The summed E-state index contributed by atoms with van der Waals surface area (Å²) in [5.41, 5.74) is 0. The van der Waals surface area contributed by atoms with Gasteiger partial charge in [0.2, 0.25) is 5.79 Å². The molecule has 0 aliphatic carbocycles. The molecule has 0 bridgehead atoms. The average Bonchev–Trinajstić information content (AvgIpc) is 1.98. The van der Waals surface area contributed by atoms with Crippen molar-refractivity contribution >= 4 is 5.78 Å². The van der Waals surface area contributed by atoms with Crippen molar-refractivity contribution in [3.63, 3.8) is 0 Å². The molecular formula is C8H14O3. The van der Waals surface area contributed by atoms with Gasteiger partial charge < -0.3 is 9.84 Å². The van der Waals surface area contributed by atoms with Crippen LogP contribution < -0.4 is 0 Å². The second kappa shape index (κ2) is 2.91. The summed E-state index contributed by atoms with van der Waals surface area (Å²) in [6.07, 6.45) is 0.781. The van der Waals surface area contributed by atoms with Crippen molar-refractivity contribution in [2.75, 3.05) is 6.61 Å². The molecule has 0 spiro atoms. The van der Waals surface area contributed by atoms with Crippen LogP contribution in [0.2, 0.25) is 0 Å². The molecule has 11 heavy (non-hydrogen) atoms. The lowest BCUT2D eigenvalue weighted by Crippen LogP contribution is -2.46. The molecule has 0 aromatic heterocycles. The van der Waals surface area contributed by atoms with Gasteiger partial charge in [-0.1, -0.05) is 13.8 Å². The SMILES string of the molecule is CCC1(O)OCC(C)CC1=O. The van der Waals surface area contributed by atoms with Gasteiger partial charge in [0, 0.05) is 12.8 Å². The van der Waals surface area contributed by atoms with Crippen LogP contribution in [0.5, 0.6) is 0 Å². The molecule has 1 rings (SSSR count). The van der Waals surface area contributed by atoms with Crippen molar-refractivity contribution in [1.29, 1.82) is 0 Å². The van der Waals surface area contributed by atoms with E-state index < -0.39 is 5.79 Å². The highest BCUT2D eigenvalue weighted by Crippen LogP contribution is 2.24. The summed E-state index contributed by atoms with van der Waals surface area (Å²) in [6.45, 7) is 4.16. The minimum atomic E-state index is -1.48. The van der Waals surface area contributed by atoms with Gasteiger partial charge in [0.1, 0.15) is 0 Å². The third kappa shape index (κ3) is 1.60. The van der Waals surface area contributed by atoms with Gasteiger partial charge in [0.25, 0.3) is 0 Å². The van der Waals surface area contributed by atoms with Crippen LogP contribution in [0.1, 0.15) is 26.7 Å². The summed E-state index contributed by atoms with van der Waals surface area (Å²) in [5.74, 6) is -1.42. The molecular weight excluding hydrogens is 144 g/mol. The van der Waals surface area contributed by atoms with Gasteiger partial charge >= 0.3 is 0 Å². The van der Waals surface area contributed by atoms with E-state index in [2.05, 4.69) is 0 Å². The van der Waals surface area contributed by atoms with Crippen LogP contribution in [0.15, 0.2) is 0 Å². The van der Waals surface area contributed by atoms with Gasteiger partial charge in [0.15, 0.2) is 5.78 Å². The Hall–Kier alpha value is -0.410. The number of ketones is 1. The Bertz CT molecular complexity index is 167. The van der Waals surface area contributed by atoms with Gasteiger partial charge in [-0.2, -0.15) is 0 Å². The van der Waals surface area contributed by atoms with Crippen molar-refractivity contribution in [3.05, 3.63) is 0 Å². The molecule has 1 fully saturated rings. The van der Waals surface area contributed by atoms with Crippen LogP contribution in [-0.2, 0) is 9.53 Å². The normalized spacial score (nSPS) is 39.2. The molecule has 1 N–H and O–H groups in total. The Morgan fingerprint density at radius 3 is 2.91 bits per heavy atom. The number of hydrogen-bond donors (Lipinski definition) is 1. The van der Waals surface area contributed by atoms with E-state index in [1.165, 1.54) is 0 Å². The molecule has 0 aromatic rings. The van der Waals surface area contributed by atoms with Crippen molar-refractivity contribution in [1.82, 2.24) is 0 Å². The number of hydrogen-bond acceptors (Lipinski definition) is 3. The van der Waals surface area contributed by atoms with Crippen LogP contribution in [0.25, 0.3) is 0 Å². The fraction of sp³-hybridized carbons (Fsp3) is 0.875. The molecule has 3 heteroatoms. The van der Waals surface area contributed by atoms with E-state index in [1.807, 2.05) is 6.92 Å². The van der Waals surface area contributed by atoms with Gasteiger partial charge in [-0.3, -0.25) is 4.79 Å². The number of carbonyl (C=O) groups is 1. The zero-order chi connectivity index (χ0) is 8.48. The number of ether oxygens (including phenoxy) is 1. The van der Waals surface area contributed by atoms with Crippen LogP contribution in [0, 0.1) is 5.92 Å². The third-order valence-electron chi connectivity index (χ3n) is 2.06. The summed E-state index contributed by atoms with van der Waals surface area (Å²) < 4.78 is 5.05. The number of aliphatic hydroxyl groups is 1. The summed E-state index contributed by atoms with van der Waals surface area (Å²) in [4.78, 5) is 11.2. The first kappa shape index (κ1) is 8.68. The van der Waals surface area contributed by atoms with Crippen molar-refractivity contribution in [2.24, 2.45) is 5.92 Å². The molecule has 0 amide bonds. The maximum atomic E-state index is 11.2. The van der Waals surface area contributed by atoms with E-state index in [1.54, 1.807) is 6.92 Å². The Kier molecular flexibility index (Phi) is 2.30. The second-order valence-corrected chi connectivity index (χ2v) is 3.18. The Balaban J connectivity index is 2.64. The summed E-state index contributed by atoms with van der Waals surface area (Å²) in [5, 5.41) is 9.49. The first-order valence-electron chi connectivity index (χ1n) is 3.98. The van der Waals surface area contributed by atoms with Crippen molar-refractivity contribution in [3.8, 4) is 0 Å². The smallest absolute Gasteiger partial charge is 0.226 e. The lowest BCUT2D eigenvalue weighted by molar-refractivity contribution is -0.223. The summed E-state index contributed by atoms with van der Waals surface area (Å²) in [6, 6.07) is 0. The molecule has 3 nitrogen and oxygen atoms in total. The van der Waals surface area contributed by atoms with E-state index in [0.717, 1.165) is 0 Å². The third-order valence-corrected chi connectivity index (χ3v) is 2.06. The highest BCUT2D eigenvalue weighted by Gasteiger charge is 2.39. The van der Waals surface area contributed by atoms with Gasteiger partial charge in [-0.15, -0.1) is 0 Å². The molecule has 64 valence electrons. The lowest BCUT2D eigenvalue weighted by Gasteiger charge is -2.32. The number of rotatable bonds is 1. The van der Waals surface area contributed by atoms with Crippen molar-refractivity contribution in [2.45, 2.75) is 32.5 Å². The molecule has 1 heterocycles. The zero-order valence-electron chi connectivity index (χ0n) is 6.96. The maximum absolute atomic E-state index is 11.2. The average molecular weight is 158 g/mol. The first-order chi connectivity index (χ1) is 5.08. The number of Topliss-reactive ketones (excluding diaryl/α,β-unsaturated/α-hetero) is 1. The highest BCUT2D eigenvalue weighted by molar-refractivity contribution is 5.86. The molecule has 1 aliphatic heterocycles. The number of carbonyl (C=O) groups excluding carboxylic acids is 1. The van der Waals surface area contributed by atoms with Crippen LogP contribution in [-0.4, -0.2) is 23.3 Å². The molecule has 1 saturated heterocycles. The minimum absolute atomic E-state index is 0.182. The minimum Gasteiger partial charge on any atom is -0.360 e. The van der Waals surface area contributed by atoms with E-state index in [4.69, 9.17) is 4.74 Å². The first-order valence-corrected chi connectivity index (χ1v) is 3.98. The fourth-order valence-electron chi connectivity index (χ4n) is 1.19. The predicted molar refractivity (Wildman–Crippen MR) is 40.0 cm³/mol. The topological polar surface area (TPSA) is 46.5 Å². The summed E-state index contributed by atoms with van der Waals surface area (Å²) >= 11 is 0. The van der Waals surface area contributed by atoms with Crippen LogP contribution in [0.4, 0.5) is 0 Å². The van der Waals surface area contributed by atoms with Crippen LogP contribution in [0.3, 0.4) is 0 Å². The molecule has 0 saturated carbocycles. The molecule has 2 atom stereocenters. The van der Waals surface area contributed by atoms with Gasteiger partial charge in [0.05, 0.1) is 6.61 Å². The quantitative estimate of drug-likeness (QED) is 0.611. The van der Waals surface area contributed by atoms with Crippen LogP contribution >= 0.6 is 0 Å². The monoisotopic (exact) mass is 158 g/mol.